The molecule has 163 valence electrons. The van der Waals surface area contributed by atoms with Gasteiger partial charge in [0, 0.05) is 6.42 Å². The van der Waals surface area contributed by atoms with Crippen molar-refractivity contribution >= 4 is 0 Å². The van der Waals surface area contributed by atoms with Gasteiger partial charge in [0.2, 0.25) is 0 Å². The lowest BCUT2D eigenvalue weighted by atomic mass is 9.78. The first-order valence-corrected chi connectivity index (χ1v) is 10.9. The van der Waals surface area contributed by atoms with Gasteiger partial charge in [-0.05, 0) is 96.0 Å². The van der Waals surface area contributed by atoms with Crippen molar-refractivity contribution < 1.29 is 14.6 Å². The second kappa shape index (κ2) is 9.57. The molecule has 0 saturated carbocycles. The van der Waals surface area contributed by atoms with Crippen molar-refractivity contribution in [2.45, 2.75) is 52.6 Å². The molecule has 31 heavy (non-hydrogen) atoms. The Hall–Kier alpha value is -2.78. The Morgan fingerprint density at radius 1 is 0.806 bits per heavy atom. The molecule has 0 bridgehead atoms. The lowest BCUT2D eigenvalue weighted by Crippen LogP contribution is -2.31. The molecule has 0 amide bonds. The molecule has 3 nitrogen and oxygen atoms in total. The van der Waals surface area contributed by atoms with Crippen LogP contribution < -0.4 is 9.47 Å². The van der Waals surface area contributed by atoms with Crippen LogP contribution in [0.3, 0.4) is 0 Å². The predicted molar refractivity (Wildman–Crippen MR) is 126 cm³/mol. The normalized spacial score (nSPS) is 11.5. The van der Waals surface area contributed by atoms with Crippen LogP contribution in [0.15, 0.2) is 48.5 Å². The van der Waals surface area contributed by atoms with Gasteiger partial charge in [0.25, 0.3) is 0 Å². The third-order valence-corrected chi connectivity index (χ3v) is 6.23. The quantitative estimate of drug-likeness (QED) is 0.509. The first-order chi connectivity index (χ1) is 14.9. The summed E-state index contributed by atoms with van der Waals surface area (Å²) in [7, 11) is 3.34. The molecule has 1 radical (unpaired) electrons. The van der Waals surface area contributed by atoms with Gasteiger partial charge in [0.05, 0.1) is 14.2 Å². The Morgan fingerprint density at radius 2 is 1.26 bits per heavy atom. The smallest absolute Gasteiger partial charge is 0.121 e. The summed E-state index contributed by atoms with van der Waals surface area (Å²) in [5.74, 6) is 1.63. The number of hydrogen-bond donors (Lipinski definition) is 1. The maximum atomic E-state index is 12.3. The molecule has 3 heteroatoms. The molecule has 0 spiro atoms. The Bertz CT molecular complexity index is 976. The average molecular weight is 418 g/mol. The summed E-state index contributed by atoms with van der Waals surface area (Å²) < 4.78 is 10.9. The minimum atomic E-state index is -1.19. The van der Waals surface area contributed by atoms with Crippen molar-refractivity contribution in [2.75, 3.05) is 14.2 Å². The summed E-state index contributed by atoms with van der Waals surface area (Å²) in [4.78, 5) is 0. The Morgan fingerprint density at radius 3 is 1.61 bits per heavy atom. The second-order valence-electron chi connectivity index (χ2n) is 8.10. The highest BCUT2D eigenvalue weighted by Crippen LogP contribution is 2.38. The number of methoxy groups -OCH3 is 2. The maximum absolute atomic E-state index is 12.3. The van der Waals surface area contributed by atoms with Gasteiger partial charge in [0.15, 0.2) is 0 Å². The fourth-order valence-electron chi connectivity index (χ4n) is 4.38. The summed E-state index contributed by atoms with van der Waals surface area (Å²) in [6.07, 6.45) is 2.30. The van der Waals surface area contributed by atoms with Gasteiger partial charge >= 0.3 is 0 Å². The van der Waals surface area contributed by atoms with Gasteiger partial charge in [0.1, 0.15) is 17.1 Å². The molecule has 0 aliphatic carbocycles. The third-order valence-electron chi connectivity index (χ3n) is 6.23. The summed E-state index contributed by atoms with van der Waals surface area (Å²) in [5, 5.41) is 12.3. The number of hydrogen-bond acceptors (Lipinski definition) is 3. The zero-order valence-electron chi connectivity index (χ0n) is 19.5. The van der Waals surface area contributed by atoms with Crippen molar-refractivity contribution in [1.29, 1.82) is 0 Å². The zero-order valence-corrected chi connectivity index (χ0v) is 19.5. The molecule has 0 atom stereocenters. The van der Waals surface area contributed by atoms with Crippen LogP contribution in [0.1, 0.15) is 52.8 Å². The van der Waals surface area contributed by atoms with Crippen molar-refractivity contribution in [1.82, 2.24) is 0 Å². The molecule has 0 saturated heterocycles. The van der Waals surface area contributed by atoms with E-state index >= 15 is 0 Å². The number of ether oxygens (including phenoxy) is 2. The minimum Gasteiger partial charge on any atom is -0.496 e. The predicted octanol–water partition coefficient (Wildman–Crippen LogP) is 5.72. The van der Waals surface area contributed by atoms with Crippen LogP contribution in [0.4, 0.5) is 0 Å². The summed E-state index contributed by atoms with van der Waals surface area (Å²) in [6.45, 7) is 8.32. The highest BCUT2D eigenvalue weighted by molar-refractivity contribution is 5.49. The second-order valence-corrected chi connectivity index (χ2v) is 8.10. The van der Waals surface area contributed by atoms with Crippen LogP contribution in [0.2, 0.25) is 0 Å². The van der Waals surface area contributed by atoms with Crippen LogP contribution in [-0.4, -0.2) is 19.3 Å². The molecule has 0 aliphatic rings. The molecule has 3 aromatic rings. The third kappa shape index (κ3) is 4.47. The zero-order chi connectivity index (χ0) is 22.6. The van der Waals surface area contributed by atoms with Crippen LogP contribution >= 0.6 is 0 Å². The van der Waals surface area contributed by atoms with Crippen molar-refractivity contribution in [3.63, 3.8) is 0 Å². The van der Waals surface area contributed by atoms with Crippen LogP contribution in [0.25, 0.3) is 0 Å². The van der Waals surface area contributed by atoms with E-state index in [4.69, 9.17) is 9.47 Å². The lowest BCUT2D eigenvalue weighted by molar-refractivity contribution is 0.0804. The van der Waals surface area contributed by atoms with E-state index in [1.54, 1.807) is 14.2 Å². The summed E-state index contributed by atoms with van der Waals surface area (Å²) >= 11 is 0. The summed E-state index contributed by atoms with van der Waals surface area (Å²) in [6, 6.07) is 19.2. The molecule has 1 N–H and O–H groups in total. The molecule has 0 heterocycles. The van der Waals surface area contributed by atoms with Gasteiger partial charge in [-0.3, -0.25) is 0 Å². The van der Waals surface area contributed by atoms with E-state index in [1.165, 1.54) is 16.7 Å². The van der Waals surface area contributed by atoms with Crippen LogP contribution in [0.5, 0.6) is 11.5 Å². The fourth-order valence-corrected chi connectivity index (χ4v) is 4.38. The minimum absolute atomic E-state index is 0.492. The van der Waals surface area contributed by atoms with E-state index in [-0.39, 0.29) is 0 Å². The molecule has 0 aromatic heterocycles. The highest BCUT2D eigenvalue weighted by Gasteiger charge is 2.34. The summed E-state index contributed by atoms with van der Waals surface area (Å²) in [5.41, 5.74) is 6.17. The van der Waals surface area contributed by atoms with Crippen molar-refractivity contribution in [3.8, 4) is 11.5 Å². The molecule has 0 unspecified atom stereocenters. The van der Waals surface area contributed by atoms with Crippen molar-refractivity contribution in [2.24, 2.45) is 0 Å². The highest BCUT2D eigenvalue weighted by atomic mass is 16.5. The van der Waals surface area contributed by atoms with Crippen molar-refractivity contribution in [3.05, 3.63) is 93.5 Å². The number of aryl methyl sites for hydroxylation is 4. The molecule has 0 aliphatic heterocycles. The van der Waals surface area contributed by atoms with E-state index in [0.717, 1.165) is 46.6 Å². The van der Waals surface area contributed by atoms with Gasteiger partial charge in [-0.2, -0.15) is 0 Å². The number of aliphatic hydroxyl groups is 1. The van der Waals surface area contributed by atoms with Gasteiger partial charge in [-0.15, -0.1) is 0 Å². The largest absolute Gasteiger partial charge is 0.496 e. The van der Waals surface area contributed by atoms with Gasteiger partial charge in [-0.25, -0.2) is 0 Å². The molecular weight excluding hydrogens is 384 g/mol. The van der Waals surface area contributed by atoms with Crippen LogP contribution in [0, 0.1) is 19.9 Å². The molecular formula is C28H33O3. The molecule has 0 fully saturated rings. The standard InChI is InChI=1S/C28H33O3/c1-7-21-10-9-11-22(8-2)25(21)18-28(29,23-12-14-26(30-5)19(3)16-23)24-13-15-27(31-6)20(4)17-24/h10-17,29H,7-8,18H2,1-6H3. The van der Waals surface area contributed by atoms with E-state index < -0.39 is 5.60 Å². The molecule has 3 aromatic carbocycles. The average Bonchev–Trinajstić information content (AvgIpc) is 2.78. The Kier molecular flexibility index (Phi) is 7.07. The number of rotatable bonds is 8. The Labute approximate surface area is 186 Å². The van der Waals surface area contributed by atoms with E-state index in [9.17, 15) is 5.11 Å². The topological polar surface area (TPSA) is 38.7 Å². The molecule has 3 rings (SSSR count). The number of benzene rings is 3. The fraction of sp³-hybridized carbons (Fsp3) is 0.357. The SMILES string of the molecule is CCc1c[c]cc(CC)c1CC(O)(c1ccc(OC)c(C)c1)c1ccc(OC)c(C)c1. The van der Waals surface area contributed by atoms with E-state index in [0.29, 0.717) is 6.42 Å². The first-order valence-electron chi connectivity index (χ1n) is 10.9. The van der Waals surface area contributed by atoms with Crippen LogP contribution in [-0.2, 0) is 24.9 Å². The lowest BCUT2D eigenvalue weighted by Gasteiger charge is -2.32. The van der Waals surface area contributed by atoms with Gasteiger partial charge in [-0.1, -0.05) is 38.1 Å². The first kappa shape index (κ1) is 22.9. The van der Waals surface area contributed by atoms with Gasteiger partial charge < -0.3 is 14.6 Å². The van der Waals surface area contributed by atoms with E-state index in [2.05, 4.69) is 19.9 Å². The Balaban J connectivity index is 2.23. The van der Waals surface area contributed by atoms with E-state index in [1.807, 2.05) is 62.4 Å². The maximum Gasteiger partial charge on any atom is 0.121 e. The monoisotopic (exact) mass is 417 g/mol.